The van der Waals surface area contributed by atoms with E-state index in [2.05, 4.69) is 4.74 Å². The highest BCUT2D eigenvalue weighted by Gasteiger charge is 2.52. The number of hydrogen-bond donors (Lipinski definition) is 4. The molecule has 0 bridgehead atoms. The maximum Gasteiger partial charge on any atom is 0.335 e. The maximum atomic E-state index is 12.4. The number of aliphatic hydroxyl groups excluding tert-OH is 1. The Morgan fingerprint density at radius 3 is 2.06 bits per heavy atom. The summed E-state index contributed by atoms with van der Waals surface area (Å²) in [7, 11) is 0.993. The van der Waals surface area contributed by atoms with E-state index < -0.39 is 96.3 Å². The molecule has 186 valence electrons. The van der Waals surface area contributed by atoms with Crippen LogP contribution in [-0.2, 0) is 35.3 Å². The molecule has 0 amide bonds. The molecular formula is C20H23NO13. The van der Waals surface area contributed by atoms with Gasteiger partial charge in [0, 0.05) is 24.3 Å². The molecule has 4 N–H and O–H groups in total. The van der Waals surface area contributed by atoms with Crippen LogP contribution >= 0.6 is 0 Å². The Bertz CT molecular complexity index is 962. The van der Waals surface area contributed by atoms with Crippen molar-refractivity contribution in [1.82, 2.24) is 0 Å². The van der Waals surface area contributed by atoms with Gasteiger partial charge in [-0.2, -0.15) is 0 Å². The zero-order chi connectivity index (χ0) is 25.6. The number of ether oxygens (including phenoxy) is 3. The van der Waals surface area contributed by atoms with Crippen LogP contribution in [0.25, 0.3) is 0 Å². The molecule has 5 unspecified atom stereocenters. The lowest BCUT2D eigenvalue weighted by molar-refractivity contribution is -0.386. The van der Waals surface area contributed by atoms with Crippen LogP contribution in [0.1, 0.15) is 24.8 Å². The molecule has 14 heteroatoms. The van der Waals surface area contributed by atoms with Crippen LogP contribution in [0.2, 0.25) is 0 Å². The molecule has 1 fully saturated rings. The van der Waals surface area contributed by atoms with Crippen molar-refractivity contribution in [3.8, 4) is 5.75 Å². The number of nitrogens with zero attached hydrogens (tertiary/aromatic N) is 1. The molecule has 5 atom stereocenters. The van der Waals surface area contributed by atoms with Crippen LogP contribution in [0.15, 0.2) is 18.2 Å². The van der Waals surface area contributed by atoms with E-state index in [4.69, 9.17) is 9.47 Å². The van der Waals surface area contributed by atoms with Crippen LogP contribution in [-0.4, -0.2) is 68.7 Å². The second kappa shape index (κ2) is 11.4. The SMILES string of the molecule is COC(=O)C1OC(Oc2ccc(CO)cc2[N+](=O)[O-])C(CC(=O)O)C(CC(=O)O)C1CC(=O)O. The zero-order valence-corrected chi connectivity index (χ0v) is 17.9. The quantitative estimate of drug-likeness (QED) is 0.192. The van der Waals surface area contributed by atoms with Crippen LogP contribution < -0.4 is 4.74 Å². The third-order valence-electron chi connectivity index (χ3n) is 5.43. The lowest BCUT2D eigenvalue weighted by Gasteiger charge is -2.44. The third-order valence-corrected chi connectivity index (χ3v) is 5.43. The van der Waals surface area contributed by atoms with Crippen LogP contribution in [0.4, 0.5) is 5.69 Å². The Morgan fingerprint density at radius 1 is 1.00 bits per heavy atom. The number of carbonyl (C=O) groups excluding carboxylic acids is 1. The number of carbonyl (C=O) groups is 4. The Hall–Kier alpha value is -3.78. The molecule has 0 spiro atoms. The van der Waals surface area contributed by atoms with Crippen molar-refractivity contribution in [2.45, 2.75) is 38.3 Å². The van der Waals surface area contributed by atoms with Gasteiger partial charge in [0.1, 0.15) is 0 Å². The molecule has 1 aromatic carbocycles. The van der Waals surface area contributed by atoms with Crippen molar-refractivity contribution in [1.29, 1.82) is 0 Å². The van der Waals surface area contributed by atoms with Crippen molar-refractivity contribution < 1.29 is 58.7 Å². The van der Waals surface area contributed by atoms with E-state index in [0.29, 0.717) is 0 Å². The van der Waals surface area contributed by atoms with Crippen molar-refractivity contribution in [2.75, 3.05) is 7.11 Å². The van der Waals surface area contributed by atoms with Crippen LogP contribution in [0.3, 0.4) is 0 Å². The second-order valence-corrected chi connectivity index (χ2v) is 7.57. The second-order valence-electron chi connectivity index (χ2n) is 7.57. The Kier molecular flexibility index (Phi) is 8.86. The number of hydrogen-bond acceptors (Lipinski definition) is 10. The largest absolute Gasteiger partial charge is 0.481 e. The topological polar surface area (TPSA) is 220 Å². The van der Waals surface area contributed by atoms with Gasteiger partial charge in [0.25, 0.3) is 0 Å². The minimum absolute atomic E-state index is 0.184. The molecule has 1 aromatic rings. The third kappa shape index (κ3) is 6.39. The predicted octanol–water partition coefficient (Wildman–Crippen LogP) is 0.636. The molecule has 0 radical (unpaired) electrons. The van der Waals surface area contributed by atoms with E-state index in [-0.39, 0.29) is 5.56 Å². The first kappa shape index (κ1) is 26.5. The molecule has 1 aliphatic rings. The summed E-state index contributed by atoms with van der Waals surface area (Å²) in [5.74, 6) is -9.42. The van der Waals surface area contributed by atoms with E-state index >= 15 is 0 Å². The summed E-state index contributed by atoms with van der Waals surface area (Å²) < 4.78 is 15.8. The van der Waals surface area contributed by atoms with Crippen LogP contribution in [0.5, 0.6) is 5.75 Å². The fraction of sp³-hybridized carbons (Fsp3) is 0.500. The van der Waals surface area contributed by atoms with Gasteiger partial charge in [0.15, 0.2) is 11.9 Å². The number of aliphatic hydroxyl groups is 1. The highest BCUT2D eigenvalue weighted by atomic mass is 16.7. The first-order chi connectivity index (χ1) is 16.0. The molecule has 0 saturated carbocycles. The van der Waals surface area contributed by atoms with Gasteiger partial charge in [-0.1, -0.05) is 6.07 Å². The highest BCUT2D eigenvalue weighted by Crippen LogP contribution is 2.43. The van der Waals surface area contributed by atoms with E-state index in [0.717, 1.165) is 19.2 Å². The summed E-state index contributed by atoms with van der Waals surface area (Å²) in [6, 6.07) is 3.45. The van der Waals surface area contributed by atoms with Gasteiger partial charge in [-0.25, -0.2) is 4.79 Å². The number of carboxylic acids is 3. The molecule has 1 aliphatic heterocycles. The Morgan fingerprint density at radius 2 is 1.56 bits per heavy atom. The molecule has 0 aromatic heterocycles. The van der Waals surface area contributed by atoms with Gasteiger partial charge < -0.3 is 34.6 Å². The number of methoxy groups -OCH3 is 1. The van der Waals surface area contributed by atoms with Gasteiger partial charge in [-0.3, -0.25) is 24.5 Å². The first-order valence-electron chi connectivity index (χ1n) is 9.91. The van der Waals surface area contributed by atoms with Gasteiger partial charge in [-0.05, 0) is 17.5 Å². The summed E-state index contributed by atoms with van der Waals surface area (Å²) in [5.41, 5.74) is -0.412. The van der Waals surface area contributed by atoms with E-state index in [9.17, 15) is 49.7 Å². The minimum atomic E-state index is -1.67. The van der Waals surface area contributed by atoms with Crippen molar-refractivity contribution in [3.63, 3.8) is 0 Å². The molecular weight excluding hydrogens is 462 g/mol. The number of nitro groups is 1. The molecule has 1 saturated heterocycles. The lowest BCUT2D eigenvalue weighted by Crippen LogP contribution is -2.54. The lowest BCUT2D eigenvalue weighted by atomic mass is 9.71. The predicted molar refractivity (Wildman–Crippen MR) is 108 cm³/mol. The van der Waals surface area contributed by atoms with E-state index in [1.165, 1.54) is 6.07 Å². The van der Waals surface area contributed by atoms with E-state index in [1.807, 2.05) is 0 Å². The number of rotatable bonds is 11. The number of benzene rings is 1. The van der Waals surface area contributed by atoms with Crippen molar-refractivity contribution in [3.05, 3.63) is 33.9 Å². The Labute approximate surface area is 191 Å². The van der Waals surface area contributed by atoms with Gasteiger partial charge in [0.2, 0.25) is 6.29 Å². The van der Waals surface area contributed by atoms with Gasteiger partial charge in [0.05, 0.1) is 31.5 Å². The summed E-state index contributed by atoms with van der Waals surface area (Å²) in [5, 5.41) is 48.8. The standard InChI is InChI=1S/C20H23NO13/c1-32-19(29)18-11(6-16(25)26)10(5-15(23)24)12(7-17(27)28)20(34-18)33-14-3-2-9(8-22)4-13(14)21(30)31/h2-4,10-12,18,20,22H,5-8H2,1H3,(H,23,24)(H,25,26)(H,27,28). The zero-order valence-electron chi connectivity index (χ0n) is 17.9. The first-order valence-corrected chi connectivity index (χ1v) is 9.91. The number of aliphatic carboxylic acids is 3. The smallest absolute Gasteiger partial charge is 0.335 e. The normalized spacial score (nSPS) is 24.1. The molecule has 1 heterocycles. The summed E-state index contributed by atoms with van der Waals surface area (Å²) in [4.78, 5) is 57.6. The number of carboxylic acid groups (broad SMARTS) is 3. The summed E-state index contributed by atoms with van der Waals surface area (Å²) in [6.07, 6.45) is -5.51. The average Bonchev–Trinajstić information content (AvgIpc) is 2.76. The Balaban J connectivity index is 2.58. The van der Waals surface area contributed by atoms with Gasteiger partial charge in [-0.15, -0.1) is 0 Å². The number of nitro benzene ring substituents is 1. The average molecular weight is 485 g/mol. The number of esters is 1. The summed E-state index contributed by atoms with van der Waals surface area (Å²) in [6.45, 7) is -0.509. The molecule has 14 nitrogen and oxygen atoms in total. The fourth-order valence-electron chi connectivity index (χ4n) is 3.99. The maximum absolute atomic E-state index is 12.4. The molecule has 34 heavy (non-hydrogen) atoms. The molecule has 0 aliphatic carbocycles. The van der Waals surface area contributed by atoms with Gasteiger partial charge >= 0.3 is 29.6 Å². The molecule has 2 rings (SSSR count). The monoisotopic (exact) mass is 485 g/mol. The van der Waals surface area contributed by atoms with Crippen LogP contribution in [0, 0.1) is 27.9 Å². The van der Waals surface area contributed by atoms with Crippen molar-refractivity contribution >= 4 is 29.6 Å². The highest BCUT2D eigenvalue weighted by molar-refractivity contribution is 5.77. The fourth-order valence-corrected chi connectivity index (χ4v) is 3.99. The minimum Gasteiger partial charge on any atom is -0.481 e. The van der Waals surface area contributed by atoms with E-state index in [1.54, 1.807) is 0 Å². The van der Waals surface area contributed by atoms with Crippen molar-refractivity contribution in [2.24, 2.45) is 17.8 Å². The summed E-state index contributed by atoms with van der Waals surface area (Å²) >= 11 is 0.